The largest absolute Gasteiger partial charge is 0.440 e. The summed E-state index contributed by atoms with van der Waals surface area (Å²) < 4.78 is 7.46. The number of oxazole rings is 1. The maximum atomic E-state index is 5.46. The number of benzene rings is 1. The minimum atomic E-state index is 0.598. The van der Waals surface area contributed by atoms with Gasteiger partial charge in [0.2, 0.25) is 5.82 Å². The zero-order valence-electron chi connectivity index (χ0n) is 17.8. The Labute approximate surface area is 182 Å². The van der Waals surface area contributed by atoms with Gasteiger partial charge in [0.15, 0.2) is 17.3 Å². The predicted molar refractivity (Wildman–Crippen MR) is 118 cm³/mol. The zero-order chi connectivity index (χ0) is 20.6. The number of aromatic nitrogens is 4. The van der Waals surface area contributed by atoms with Crippen LogP contribution in [0, 0.1) is 12.3 Å². The van der Waals surface area contributed by atoms with E-state index < -0.39 is 0 Å². The molecule has 2 fully saturated rings. The van der Waals surface area contributed by atoms with Gasteiger partial charge >= 0.3 is 0 Å². The molecule has 0 amide bonds. The third-order valence-electron chi connectivity index (χ3n) is 6.88. The molecule has 1 spiro atoms. The van der Waals surface area contributed by atoms with Crippen molar-refractivity contribution in [1.29, 1.82) is 0 Å². The normalized spacial score (nSPS) is 20.7. The second-order valence-corrected chi connectivity index (χ2v) is 9.77. The number of hydrogen-bond donors (Lipinski definition) is 0. The predicted octanol–water partition coefficient (Wildman–Crippen LogP) is 4.53. The Kier molecular flexibility index (Phi) is 5.41. The van der Waals surface area contributed by atoms with E-state index in [4.69, 9.17) is 4.42 Å². The fourth-order valence-corrected chi connectivity index (χ4v) is 5.72. The second-order valence-electron chi connectivity index (χ2n) is 8.71. The van der Waals surface area contributed by atoms with Gasteiger partial charge in [0.05, 0.1) is 5.69 Å². The van der Waals surface area contributed by atoms with Crippen LogP contribution in [0.1, 0.15) is 42.9 Å². The molecule has 30 heavy (non-hydrogen) atoms. The standard InChI is InChI=1S/C23H29N5OS/c1-17-20(29-16-24-17)21-25-26-22(27(21)2)30-14-6-11-28-12-9-23(10-13-28)15-19(23)18-7-4-3-5-8-18/h3-5,7-8,16,19H,6,9-15H2,1-2H3/t19-/m1/s1. The summed E-state index contributed by atoms with van der Waals surface area (Å²) >= 11 is 1.77. The molecule has 0 bridgehead atoms. The Morgan fingerprint density at radius 3 is 2.70 bits per heavy atom. The fourth-order valence-electron chi connectivity index (χ4n) is 4.89. The van der Waals surface area contributed by atoms with Crippen molar-refractivity contribution in [2.75, 3.05) is 25.4 Å². The van der Waals surface area contributed by atoms with Gasteiger partial charge in [-0.25, -0.2) is 4.98 Å². The average Bonchev–Trinajstić information content (AvgIpc) is 3.09. The Bertz CT molecular complexity index is 990. The van der Waals surface area contributed by atoms with Crippen LogP contribution in [0.3, 0.4) is 0 Å². The highest BCUT2D eigenvalue weighted by Crippen LogP contribution is 2.64. The highest BCUT2D eigenvalue weighted by Gasteiger charge is 2.54. The quantitative estimate of drug-likeness (QED) is 0.411. The van der Waals surface area contributed by atoms with E-state index in [0.29, 0.717) is 11.2 Å². The maximum Gasteiger partial charge on any atom is 0.202 e. The molecule has 1 aromatic carbocycles. The first kappa shape index (κ1) is 19.8. The first-order chi connectivity index (χ1) is 14.7. The van der Waals surface area contributed by atoms with Crippen molar-refractivity contribution in [2.24, 2.45) is 12.5 Å². The van der Waals surface area contributed by atoms with Gasteiger partial charge in [-0.1, -0.05) is 42.1 Å². The number of nitrogens with zero attached hydrogens (tertiary/aromatic N) is 5. The summed E-state index contributed by atoms with van der Waals surface area (Å²) in [6.45, 7) is 5.58. The fraction of sp³-hybridized carbons (Fsp3) is 0.522. The molecule has 0 radical (unpaired) electrons. The summed E-state index contributed by atoms with van der Waals surface area (Å²) in [5, 5.41) is 9.56. The molecule has 1 atom stereocenters. The summed E-state index contributed by atoms with van der Waals surface area (Å²) in [5.41, 5.74) is 2.99. The number of hydrogen-bond acceptors (Lipinski definition) is 6. The van der Waals surface area contributed by atoms with Crippen molar-refractivity contribution >= 4 is 11.8 Å². The van der Waals surface area contributed by atoms with Gasteiger partial charge in [0.1, 0.15) is 0 Å². The van der Waals surface area contributed by atoms with Crippen LogP contribution in [0.2, 0.25) is 0 Å². The van der Waals surface area contributed by atoms with E-state index in [0.717, 1.165) is 28.3 Å². The highest BCUT2D eigenvalue weighted by molar-refractivity contribution is 7.99. The molecule has 158 valence electrons. The van der Waals surface area contributed by atoms with Gasteiger partial charge < -0.3 is 13.9 Å². The second kappa shape index (κ2) is 8.19. The van der Waals surface area contributed by atoms with E-state index >= 15 is 0 Å². The molecule has 1 saturated heterocycles. The van der Waals surface area contributed by atoms with Crippen LogP contribution < -0.4 is 0 Å². The first-order valence-electron chi connectivity index (χ1n) is 10.9. The van der Waals surface area contributed by atoms with E-state index in [9.17, 15) is 0 Å². The minimum Gasteiger partial charge on any atom is -0.440 e. The van der Waals surface area contributed by atoms with E-state index in [2.05, 4.69) is 50.4 Å². The van der Waals surface area contributed by atoms with Crippen molar-refractivity contribution in [1.82, 2.24) is 24.6 Å². The molecule has 3 aromatic rings. The third kappa shape index (κ3) is 3.81. The van der Waals surface area contributed by atoms with Crippen LogP contribution in [-0.2, 0) is 7.05 Å². The SMILES string of the molecule is Cc1ncoc1-c1nnc(SCCCN2CCC3(CC2)C[C@@H]3c2ccccc2)n1C. The zero-order valence-corrected chi connectivity index (χ0v) is 18.6. The summed E-state index contributed by atoms with van der Waals surface area (Å²) in [7, 11) is 1.99. The number of aryl methyl sites for hydroxylation is 1. The molecular weight excluding hydrogens is 394 g/mol. The van der Waals surface area contributed by atoms with E-state index in [1.165, 1.54) is 51.7 Å². The molecule has 1 aliphatic heterocycles. The van der Waals surface area contributed by atoms with Crippen LogP contribution in [0.25, 0.3) is 11.6 Å². The lowest BCUT2D eigenvalue weighted by Crippen LogP contribution is -2.35. The number of likely N-dealkylation sites (tertiary alicyclic amines) is 1. The summed E-state index contributed by atoms with van der Waals surface area (Å²) in [4.78, 5) is 6.79. The van der Waals surface area contributed by atoms with Gasteiger partial charge in [-0.15, -0.1) is 10.2 Å². The lowest BCUT2D eigenvalue weighted by Gasteiger charge is -2.33. The van der Waals surface area contributed by atoms with Gasteiger partial charge in [0, 0.05) is 12.8 Å². The smallest absolute Gasteiger partial charge is 0.202 e. The molecule has 1 aliphatic carbocycles. The Balaban J connectivity index is 1.06. The summed E-state index contributed by atoms with van der Waals surface area (Å²) in [6.07, 6.45) is 6.72. The van der Waals surface area contributed by atoms with E-state index in [1.54, 1.807) is 17.3 Å². The van der Waals surface area contributed by atoms with Crippen LogP contribution in [0.4, 0.5) is 0 Å². The van der Waals surface area contributed by atoms with Crippen molar-refractivity contribution in [3.05, 3.63) is 48.0 Å². The van der Waals surface area contributed by atoms with Crippen LogP contribution in [-0.4, -0.2) is 50.0 Å². The number of piperidine rings is 1. The average molecular weight is 424 g/mol. The number of rotatable bonds is 7. The van der Waals surface area contributed by atoms with Crippen molar-refractivity contribution in [2.45, 2.75) is 43.7 Å². The summed E-state index contributed by atoms with van der Waals surface area (Å²) in [6, 6.07) is 11.1. The van der Waals surface area contributed by atoms with Crippen LogP contribution >= 0.6 is 11.8 Å². The molecule has 1 saturated carbocycles. The Morgan fingerprint density at radius 1 is 1.17 bits per heavy atom. The maximum absolute atomic E-state index is 5.46. The minimum absolute atomic E-state index is 0.598. The van der Waals surface area contributed by atoms with Gasteiger partial charge in [-0.05, 0) is 69.1 Å². The lowest BCUT2D eigenvalue weighted by molar-refractivity contribution is 0.170. The van der Waals surface area contributed by atoms with Gasteiger partial charge in [0.25, 0.3) is 0 Å². The lowest BCUT2D eigenvalue weighted by atomic mass is 9.88. The van der Waals surface area contributed by atoms with Gasteiger partial charge in [-0.3, -0.25) is 0 Å². The Hall–Kier alpha value is -2.12. The number of thioether (sulfide) groups is 1. The van der Waals surface area contributed by atoms with Crippen molar-refractivity contribution in [3.63, 3.8) is 0 Å². The molecule has 2 aromatic heterocycles. The van der Waals surface area contributed by atoms with Crippen LogP contribution in [0.5, 0.6) is 0 Å². The third-order valence-corrected chi connectivity index (χ3v) is 7.98. The highest BCUT2D eigenvalue weighted by atomic mass is 32.2. The monoisotopic (exact) mass is 423 g/mol. The molecule has 7 heteroatoms. The molecule has 3 heterocycles. The van der Waals surface area contributed by atoms with Gasteiger partial charge in [-0.2, -0.15) is 0 Å². The van der Waals surface area contributed by atoms with Crippen LogP contribution in [0.15, 0.2) is 46.3 Å². The summed E-state index contributed by atoms with van der Waals surface area (Å²) in [5.74, 6) is 3.30. The first-order valence-corrected chi connectivity index (χ1v) is 11.8. The topological polar surface area (TPSA) is 60.0 Å². The van der Waals surface area contributed by atoms with E-state index in [-0.39, 0.29) is 0 Å². The molecule has 6 nitrogen and oxygen atoms in total. The molecule has 0 unspecified atom stereocenters. The van der Waals surface area contributed by atoms with Crippen molar-refractivity contribution in [3.8, 4) is 11.6 Å². The molecule has 0 N–H and O–H groups in total. The molecule has 2 aliphatic rings. The van der Waals surface area contributed by atoms with Crippen molar-refractivity contribution < 1.29 is 4.42 Å². The molecule has 5 rings (SSSR count). The van der Waals surface area contributed by atoms with E-state index in [1.807, 2.05) is 18.5 Å². The molecular formula is C23H29N5OS. The Morgan fingerprint density at radius 2 is 1.97 bits per heavy atom.